The van der Waals surface area contributed by atoms with E-state index in [-0.39, 0.29) is 6.61 Å². The largest absolute Gasteiger partial charge is 0.394 e. The van der Waals surface area contributed by atoms with Gasteiger partial charge in [-0.3, -0.25) is 0 Å². The van der Waals surface area contributed by atoms with Crippen molar-refractivity contribution >= 4 is 0 Å². The summed E-state index contributed by atoms with van der Waals surface area (Å²) < 4.78 is 10.6. The first-order valence-electron chi connectivity index (χ1n) is 4.94. The topological polar surface area (TPSA) is 50.7 Å². The standard InChI is InChI=1S/C9H19NO3/c11-4-5-12-6-7-13-9-2-1-3-10-8-9/h9-11H,1-8H2. The van der Waals surface area contributed by atoms with Crippen LogP contribution in [0.1, 0.15) is 12.8 Å². The van der Waals surface area contributed by atoms with Gasteiger partial charge in [0.1, 0.15) is 0 Å². The lowest BCUT2D eigenvalue weighted by molar-refractivity contribution is -0.0102. The number of aliphatic hydroxyl groups excluding tert-OH is 1. The van der Waals surface area contributed by atoms with Crippen LogP contribution in [0.15, 0.2) is 0 Å². The molecule has 0 spiro atoms. The van der Waals surface area contributed by atoms with Gasteiger partial charge in [-0.25, -0.2) is 0 Å². The van der Waals surface area contributed by atoms with Crippen LogP contribution in [0.4, 0.5) is 0 Å². The summed E-state index contributed by atoms with van der Waals surface area (Å²) in [6.45, 7) is 3.78. The van der Waals surface area contributed by atoms with E-state index >= 15 is 0 Å². The minimum atomic E-state index is 0.0883. The van der Waals surface area contributed by atoms with Crippen molar-refractivity contribution in [1.82, 2.24) is 5.32 Å². The molecule has 1 atom stereocenters. The molecular weight excluding hydrogens is 170 g/mol. The third-order valence-corrected chi connectivity index (χ3v) is 2.07. The maximum absolute atomic E-state index is 8.44. The molecule has 0 aromatic heterocycles. The fraction of sp³-hybridized carbons (Fsp3) is 1.00. The lowest BCUT2D eigenvalue weighted by atomic mass is 10.1. The van der Waals surface area contributed by atoms with Gasteiger partial charge in [-0.15, -0.1) is 0 Å². The third-order valence-electron chi connectivity index (χ3n) is 2.07. The SMILES string of the molecule is OCCOCCOC1CCCNC1. The quantitative estimate of drug-likeness (QED) is 0.566. The molecule has 0 aromatic carbocycles. The van der Waals surface area contributed by atoms with Crippen LogP contribution in [0.25, 0.3) is 0 Å². The third kappa shape index (κ3) is 5.21. The number of hydrogen-bond donors (Lipinski definition) is 2. The molecule has 1 saturated heterocycles. The highest BCUT2D eigenvalue weighted by molar-refractivity contribution is 4.68. The van der Waals surface area contributed by atoms with Crippen molar-refractivity contribution < 1.29 is 14.6 Å². The molecule has 1 unspecified atom stereocenters. The average molecular weight is 189 g/mol. The fourth-order valence-electron chi connectivity index (χ4n) is 1.40. The molecule has 0 bridgehead atoms. The highest BCUT2D eigenvalue weighted by Crippen LogP contribution is 2.05. The monoisotopic (exact) mass is 189 g/mol. The predicted molar refractivity (Wildman–Crippen MR) is 49.7 cm³/mol. The van der Waals surface area contributed by atoms with E-state index in [4.69, 9.17) is 14.6 Å². The molecule has 13 heavy (non-hydrogen) atoms. The van der Waals surface area contributed by atoms with Crippen molar-refractivity contribution in [3.8, 4) is 0 Å². The predicted octanol–water partition coefficient (Wildman–Crippen LogP) is -0.236. The molecule has 1 aliphatic heterocycles. The Morgan fingerprint density at radius 3 is 2.92 bits per heavy atom. The van der Waals surface area contributed by atoms with Crippen molar-refractivity contribution in [2.45, 2.75) is 18.9 Å². The lowest BCUT2D eigenvalue weighted by Crippen LogP contribution is -2.35. The maximum atomic E-state index is 8.44. The zero-order chi connectivity index (χ0) is 9.36. The van der Waals surface area contributed by atoms with Gasteiger partial charge in [-0.2, -0.15) is 0 Å². The Balaban J connectivity index is 1.86. The molecule has 0 amide bonds. The molecule has 1 aliphatic rings. The van der Waals surface area contributed by atoms with Gasteiger partial charge in [0.15, 0.2) is 0 Å². The Bertz CT molecular complexity index is 115. The summed E-state index contributed by atoms with van der Waals surface area (Å²) in [4.78, 5) is 0. The van der Waals surface area contributed by atoms with E-state index in [0.29, 0.717) is 25.9 Å². The maximum Gasteiger partial charge on any atom is 0.0704 e. The number of ether oxygens (including phenoxy) is 2. The van der Waals surface area contributed by atoms with Gasteiger partial charge in [0.2, 0.25) is 0 Å². The van der Waals surface area contributed by atoms with Crippen molar-refractivity contribution in [2.24, 2.45) is 0 Å². The summed E-state index contributed by atoms with van der Waals surface area (Å²) in [5.41, 5.74) is 0. The van der Waals surface area contributed by atoms with Crippen LogP contribution < -0.4 is 5.32 Å². The van der Waals surface area contributed by atoms with E-state index in [1.165, 1.54) is 6.42 Å². The van der Waals surface area contributed by atoms with Gasteiger partial charge in [-0.05, 0) is 19.4 Å². The van der Waals surface area contributed by atoms with Crippen LogP contribution in [0.5, 0.6) is 0 Å². The summed E-state index contributed by atoms with van der Waals surface area (Å²) in [6.07, 6.45) is 2.70. The zero-order valence-electron chi connectivity index (χ0n) is 8.00. The van der Waals surface area contributed by atoms with Crippen molar-refractivity contribution in [2.75, 3.05) is 39.5 Å². The number of rotatable bonds is 6. The molecule has 0 aromatic rings. The van der Waals surface area contributed by atoms with Crippen LogP contribution in [-0.2, 0) is 9.47 Å². The second-order valence-electron chi connectivity index (χ2n) is 3.18. The molecule has 4 nitrogen and oxygen atoms in total. The first kappa shape index (κ1) is 10.9. The minimum absolute atomic E-state index is 0.0883. The van der Waals surface area contributed by atoms with E-state index in [0.717, 1.165) is 19.5 Å². The van der Waals surface area contributed by atoms with Gasteiger partial charge < -0.3 is 19.9 Å². The summed E-state index contributed by atoms with van der Waals surface area (Å²) in [6, 6.07) is 0. The second-order valence-corrected chi connectivity index (χ2v) is 3.18. The smallest absolute Gasteiger partial charge is 0.0704 e. The molecule has 1 fully saturated rings. The number of nitrogens with one attached hydrogen (secondary N) is 1. The van der Waals surface area contributed by atoms with Gasteiger partial charge in [-0.1, -0.05) is 0 Å². The van der Waals surface area contributed by atoms with Crippen LogP contribution in [0, 0.1) is 0 Å². The van der Waals surface area contributed by atoms with Crippen molar-refractivity contribution in [3.05, 3.63) is 0 Å². The Morgan fingerprint density at radius 1 is 1.31 bits per heavy atom. The highest BCUT2D eigenvalue weighted by Gasteiger charge is 2.12. The van der Waals surface area contributed by atoms with Crippen molar-refractivity contribution in [1.29, 1.82) is 0 Å². The fourth-order valence-corrected chi connectivity index (χ4v) is 1.40. The van der Waals surface area contributed by atoms with Crippen LogP contribution in [0.3, 0.4) is 0 Å². The van der Waals surface area contributed by atoms with E-state index in [1.54, 1.807) is 0 Å². The zero-order valence-corrected chi connectivity index (χ0v) is 8.00. The van der Waals surface area contributed by atoms with Crippen LogP contribution >= 0.6 is 0 Å². The minimum Gasteiger partial charge on any atom is -0.394 e. The average Bonchev–Trinajstić information content (AvgIpc) is 2.19. The first-order valence-corrected chi connectivity index (χ1v) is 4.94. The second kappa shape index (κ2) is 7.26. The summed E-state index contributed by atoms with van der Waals surface area (Å²) >= 11 is 0. The molecule has 1 rings (SSSR count). The number of aliphatic hydroxyl groups is 1. The Hall–Kier alpha value is -0.160. The van der Waals surface area contributed by atoms with Gasteiger partial charge in [0.05, 0.1) is 32.5 Å². The summed E-state index contributed by atoms with van der Waals surface area (Å²) in [5, 5.41) is 11.7. The van der Waals surface area contributed by atoms with Gasteiger partial charge in [0, 0.05) is 6.54 Å². The Kier molecular flexibility index (Phi) is 6.10. The molecule has 0 radical (unpaired) electrons. The molecule has 2 N–H and O–H groups in total. The van der Waals surface area contributed by atoms with E-state index in [2.05, 4.69) is 5.32 Å². The Labute approximate surface area is 79.2 Å². The van der Waals surface area contributed by atoms with Gasteiger partial charge in [0.25, 0.3) is 0 Å². The lowest BCUT2D eigenvalue weighted by Gasteiger charge is -2.22. The van der Waals surface area contributed by atoms with E-state index in [1.807, 2.05) is 0 Å². The molecule has 78 valence electrons. The van der Waals surface area contributed by atoms with Crippen molar-refractivity contribution in [3.63, 3.8) is 0 Å². The number of piperidine rings is 1. The molecule has 0 saturated carbocycles. The van der Waals surface area contributed by atoms with Gasteiger partial charge >= 0.3 is 0 Å². The van der Waals surface area contributed by atoms with E-state index < -0.39 is 0 Å². The molecule has 0 aliphatic carbocycles. The summed E-state index contributed by atoms with van der Waals surface area (Å²) in [7, 11) is 0. The molecule has 4 heteroatoms. The number of hydrogen-bond acceptors (Lipinski definition) is 4. The Morgan fingerprint density at radius 2 is 2.23 bits per heavy atom. The first-order chi connectivity index (χ1) is 6.43. The molecular formula is C9H19NO3. The summed E-state index contributed by atoms with van der Waals surface area (Å²) in [5.74, 6) is 0. The van der Waals surface area contributed by atoms with E-state index in [9.17, 15) is 0 Å². The van der Waals surface area contributed by atoms with Crippen LogP contribution in [-0.4, -0.2) is 50.7 Å². The van der Waals surface area contributed by atoms with Crippen LogP contribution in [0.2, 0.25) is 0 Å². The highest BCUT2D eigenvalue weighted by atomic mass is 16.5. The molecule has 1 heterocycles. The normalized spacial score (nSPS) is 23.3.